The fourth-order valence-electron chi connectivity index (χ4n) is 4.14. The van der Waals surface area contributed by atoms with Gasteiger partial charge in [0, 0.05) is 17.2 Å². The molecule has 37 heavy (non-hydrogen) atoms. The molecule has 0 fully saturated rings. The van der Waals surface area contributed by atoms with E-state index in [0.29, 0.717) is 34.1 Å². The van der Waals surface area contributed by atoms with Crippen LogP contribution in [0.25, 0.3) is 0 Å². The lowest BCUT2D eigenvalue weighted by Gasteiger charge is -2.28. The van der Waals surface area contributed by atoms with Crippen molar-refractivity contribution in [1.82, 2.24) is 0 Å². The van der Waals surface area contributed by atoms with Gasteiger partial charge in [-0.1, -0.05) is 25.1 Å². The number of hydrogen-bond acceptors (Lipinski definition) is 8. The maximum Gasteiger partial charge on any atom is 0.352 e. The van der Waals surface area contributed by atoms with Gasteiger partial charge in [0.25, 0.3) is 0 Å². The largest absolute Gasteiger partial charge is 0.497 e. The molecule has 3 aromatic rings. The molecule has 0 saturated carbocycles. The van der Waals surface area contributed by atoms with Crippen molar-refractivity contribution < 1.29 is 28.5 Å². The number of methoxy groups -OCH3 is 2. The van der Waals surface area contributed by atoms with Crippen molar-refractivity contribution in [2.75, 3.05) is 14.2 Å². The molecule has 8 heteroatoms. The second-order valence-electron chi connectivity index (χ2n) is 8.41. The monoisotopic (exact) mass is 500 g/mol. The van der Waals surface area contributed by atoms with Gasteiger partial charge in [-0.2, -0.15) is 5.26 Å². The van der Waals surface area contributed by atoms with E-state index < -0.39 is 18.0 Å². The van der Waals surface area contributed by atoms with Crippen LogP contribution in [0.3, 0.4) is 0 Å². The molecule has 4 rings (SSSR count). The predicted molar refractivity (Wildman–Crippen MR) is 137 cm³/mol. The summed E-state index contributed by atoms with van der Waals surface area (Å²) in [6.07, 6.45) is 0.0765. The minimum atomic E-state index is -0.839. The van der Waals surface area contributed by atoms with Crippen molar-refractivity contribution in [3.8, 4) is 34.8 Å². The van der Waals surface area contributed by atoms with Crippen LogP contribution in [0.15, 0.2) is 72.1 Å². The third-order valence-electron chi connectivity index (χ3n) is 6.13. The number of carbonyl (C=O) groups excluding carboxylic acids is 1. The number of fused-ring (bicyclic) bond motifs is 1. The van der Waals surface area contributed by atoms with E-state index in [1.165, 1.54) is 5.56 Å². The number of esters is 1. The van der Waals surface area contributed by atoms with Crippen LogP contribution in [0.4, 0.5) is 0 Å². The average molecular weight is 501 g/mol. The van der Waals surface area contributed by atoms with Gasteiger partial charge < -0.3 is 29.4 Å². The van der Waals surface area contributed by atoms with E-state index in [1.807, 2.05) is 24.3 Å². The molecule has 2 unspecified atom stereocenters. The van der Waals surface area contributed by atoms with Gasteiger partial charge in [0.15, 0.2) is 6.10 Å². The molecule has 0 aromatic heterocycles. The molecule has 2 atom stereocenters. The fourth-order valence-corrected chi connectivity index (χ4v) is 4.14. The first-order valence-electron chi connectivity index (χ1n) is 11.8. The van der Waals surface area contributed by atoms with E-state index in [4.69, 9.17) is 29.4 Å². The molecule has 8 nitrogen and oxygen atoms in total. The third kappa shape index (κ3) is 5.31. The Kier molecular flexibility index (Phi) is 7.54. The summed E-state index contributed by atoms with van der Waals surface area (Å²) < 4.78 is 28.0. The van der Waals surface area contributed by atoms with Gasteiger partial charge in [-0.25, -0.2) is 4.79 Å². The summed E-state index contributed by atoms with van der Waals surface area (Å²) in [5, 5.41) is 9.87. The standard InChI is InChI=1S/C29H28N2O6/c1-5-18-6-8-19(9-7-18)35-17(2)29(32)36-21-10-12-22-26(15-21)37-28(31)24(16-30)27(22)23-14-20(33-3)11-13-25(23)34-4/h6-15,17,27H,5,31H2,1-4H3. The summed E-state index contributed by atoms with van der Waals surface area (Å²) in [7, 11) is 3.11. The summed E-state index contributed by atoms with van der Waals surface area (Å²) in [6.45, 7) is 3.69. The summed E-state index contributed by atoms with van der Waals surface area (Å²) in [4.78, 5) is 12.7. The highest BCUT2D eigenvalue weighted by Crippen LogP contribution is 2.46. The summed E-state index contributed by atoms with van der Waals surface area (Å²) in [6, 6.07) is 20.0. The Morgan fingerprint density at radius 2 is 1.70 bits per heavy atom. The van der Waals surface area contributed by atoms with Crippen molar-refractivity contribution >= 4 is 5.97 Å². The number of nitrogens with two attached hydrogens (primary N) is 1. The van der Waals surface area contributed by atoms with E-state index in [9.17, 15) is 10.1 Å². The van der Waals surface area contributed by atoms with E-state index in [-0.39, 0.29) is 17.2 Å². The van der Waals surface area contributed by atoms with E-state index >= 15 is 0 Å². The average Bonchev–Trinajstić information content (AvgIpc) is 2.92. The molecule has 0 saturated heterocycles. The first kappa shape index (κ1) is 25.5. The minimum Gasteiger partial charge on any atom is -0.497 e. The van der Waals surface area contributed by atoms with E-state index in [0.717, 1.165) is 6.42 Å². The number of nitriles is 1. The van der Waals surface area contributed by atoms with Crippen LogP contribution in [-0.4, -0.2) is 26.3 Å². The quantitative estimate of drug-likeness (QED) is 0.345. The van der Waals surface area contributed by atoms with Crippen LogP contribution in [0, 0.1) is 11.3 Å². The van der Waals surface area contributed by atoms with Crippen LogP contribution in [0.1, 0.15) is 36.5 Å². The zero-order valence-corrected chi connectivity index (χ0v) is 21.1. The number of allylic oxidation sites excluding steroid dienone is 1. The molecular formula is C29H28N2O6. The second-order valence-corrected chi connectivity index (χ2v) is 8.41. The smallest absolute Gasteiger partial charge is 0.352 e. The highest BCUT2D eigenvalue weighted by Gasteiger charge is 2.33. The first-order chi connectivity index (χ1) is 17.9. The summed E-state index contributed by atoms with van der Waals surface area (Å²) in [5.74, 6) is 1.18. The van der Waals surface area contributed by atoms with Gasteiger partial charge in [0.1, 0.15) is 40.4 Å². The van der Waals surface area contributed by atoms with Crippen LogP contribution >= 0.6 is 0 Å². The van der Waals surface area contributed by atoms with E-state index in [2.05, 4.69) is 13.0 Å². The Bertz CT molecular complexity index is 1370. The fraction of sp³-hybridized carbons (Fsp3) is 0.241. The summed E-state index contributed by atoms with van der Waals surface area (Å²) in [5.41, 5.74) is 8.90. The van der Waals surface area contributed by atoms with Crippen molar-refractivity contribution in [3.63, 3.8) is 0 Å². The van der Waals surface area contributed by atoms with Crippen molar-refractivity contribution in [3.05, 3.63) is 88.8 Å². The van der Waals surface area contributed by atoms with Crippen molar-refractivity contribution in [2.45, 2.75) is 32.3 Å². The highest BCUT2D eigenvalue weighted by molar-refractivity contribution is 5.77. The molecular weight excluding hydrogens is 472 g/mol. The lowest BCUT2D eigenvalue weighted by Crippen LogP contribution is -2.28. The number of rotatable bonds is 8. The molecule has 3 aromatic carbocycles. The van der Waals surface area contributed by atoms with Gasteiger partial charge in [-0.3, -0.25) is 0 Å². The maximum atomic E-state index is 12.7. The Morgan fingerprint density at radius 3 is 2.35 bits per heavy atom. The SMILES string of the molecule is CCc1ccc(OC(C)C(=O)Oc2ccc3c(c2)OC(N)=C(C#N)C3c2cc(OC)ccc2OC)cc1. The van der Waals surface area contributed by atoms with Crippen molar-refractivity contribution in [1.29, 1.82) is 5.26 Å². The normalized spacial score (nSPS) is 15.1. The molecule has 2 N–H and O–H groups in total. The van der Waals surface area contributed by atoms with Gasteiger partial charge in [-0.05, 0) is 55.3 Å². The van der Waals surface area contributed by atoms with Crippen LogP contribution in [0.2, 0.25) is 0 Å². The number of ether oxygens (including phenoxy) is 5. The van der Waals surface area contributed by atoms with Crippen LogP contribution < -0.4 is 29.4 Å². The van der Waals surface area contributed by atoms with Crippen LogP contribution in [-0.2, 0) is 11.2 Å². The zero-order valence-electron chi connectivity index (χ0n) is 21.1. The molecule has 1 aliphatic rings. The first-order valence-corrected chi connectivity index (χ1v) is 11.8. The molecule has 0 aliphatic carbocycles. The number of benzene rings is 3. The number of aryl methyl sites for hydroxylation is 1. The molecule has 1 heterocycles. The van der Waals surface area contributed by atoms with E-state index in [1.54, 1.807) is 57.5 Å². The van der Waals surface area contributed by atoms with Gasteiger partial charge >= 0.3 is 5.97 Å². The molecule has 190 valence electrons. The lowest BCUT2D eigenvalue weighted by molar-refractivity contribution is -0.141. The maximum absolute atomic E-state index is 12.7. The molecule has 0 radical (unpaired) electrons. The highest BCUT2D eigenvalue weighted by atomic mass is 16.6. The topological polar surface area (TPSA) is 113 Å². The molecule has 0 spiro atoms. The third-order valence-corrected chi connectivity index (χ3v) is 6.13. The minimum absolute atomic E-state index is 0.0411. The Labute approximate surface area is 215 Å². The Hall–Kier alpha value is -4.64. The van der Waals surface area contributed by atoms with Gasteiger partial charge in [-0.15, -0.1) is 0 Å². The lowest BCUT2D eigenvalue weighted by atomic mass is 9.83. The van der Waals surface area contributed by atoms with Gasteiger partial charge in [0.05, 0.1) is 20.1 Å². The molecule has 0 amide bonds. The van der Waals surface area contributed by atoms with Crippen molar-refractivity contribution in [2.24, 2.45) is 5.73 Å². The molecule has 1 aliphatic heterocycles. The Balaban J connectivity index is 1.60. The number of hydrogen-bond donors (Lipinski definition) is 1. The number of carbonyl (C=O) groups is 1. The summed E-state index contributed by atoms with van der Waals surface area (Å²) >= 11 is 0. The predicted octanol–water partition coefficient (Wildman–Crippen LogP) is 4.86. The second kappa shape index (κ2) is 11.0. The Morgan fingerprint density at radius 1 is 1.00 bits per heavy atom. The zero-order chi connectivity index (χ0) is 26.5. The van der Waals surface area contributed by atoms with Gasteiger partial charge in [0.2, 0.25) is 5.88 Å². The molecule has 0 bridgehead atoms. The van der Waals surface area contributed by atoms with Crippen LogP contribution in [0.5, 0.6) is 28.7 Å². The number of nitrogens with zero attached hydrogens (tertiary/aromatic N) is 1.